The van der Waals surface area contributed by atoms with E-state index in [2.05, 4.69) is 5.16 Å². The number of nitrogens with zero attached hydrogens (tertiary/aromatic N) is 1. The molecule has 1 aromatic heterocycles. The summed E-state index contributed by atoms with van der Waals surface area (Å²) in [7, 11) is 0. The van der Waals surface area contributed by atoms with Crippen LogP contribution in [-0.2, 0) is 11.3 Å². The molecule has 0 unspecified atom stereocenters. The number of aromatic carboxylic acids is 1. The van der Waals surface area contributed by atoms with Crippen molar-refractivity contribution in [1.29, 1.82) is 0 Å². The Morgan fingerprint density at radius 2 is 1.61 bits per heavy atom. The third-order valence-electron chi connectivity index (χ3n) is 6.73. The molecule has 0 saturated heterocycles. The molecule has 5 nitrogen and oxygen atoms in total. The fourth-order valence-electron chi connectivity index (χ4n) is 4.71. The number of rotatable bonds is 7. The molecule has 2 fully saturated rings. The van der Waals surface area contributed by atoms with Crippen molar-refractivity contribution in [2.45, 2.75) is 63.1 Å². The molecule has 0 atom stereocenters. The first-order valence-electron chi connectivity index (χ1n) is 11.4. The molecule has 5 rings (SSSR count). The highest BCUT2D eigenvalue weighted by molar-refractivity contribution is 6.39. The first-order valence-corrected chi connectivity index (χ1v) is 12.1. The van der Waals surface area contributed by atoms with Gasteiger partial charge in [0.2, 0.25) is 0 Å². The second kappa shape index (κ2) is 9.49. The van der Waals surface area contributed by atoms with Crippen molar-refractivity contribution in [1.82, 2.24) is 5.16 Å². The van der Waals surface area contributed by atoms with Crippen LogP contribution in [0.4, 0.5) is 0 Å². The number of carbonyl (C=O) groups is 1. The highest BCUT2D eigenvalue weighted by Gasteiger charge is 2.34. The van der Waals surface area contributed by atoms with Crippen LogP contribution in [0.5, 0.6) is 0 Å². The maximum absolute atomic E-state index is 11.1. The second-order valence-corrected chi connectivity index (χ2v) is 9.77. The summed E-state index contributed by atoms with van der Waals surface area (Å²) in [4.78, 5) is 11.1. The van der Waals surface area contributed by atoms with Crippen LogP contribution >= 0.6 is 23.2 Å². The molecule has 1 heterocycles. The SMILES string of the molecule is O=C(O)c1ccc([C@H]2CC[C@H](OCc3c(-c4c(Cl)cccc4Cl)noc3C3CC3)CC2)cc1. The predicted molar refractivity (Wildman–Crippen MR) is 127 cm³/mol. The molecule has 172 valence electrons. The Morgan fingerprint density at radius 1 is 0.970 bits per heavy atom. The second-order valence-electron chi connectivity index (χ2n) is 8.96. The van der Waals surface area contributed by atoms with Crippen molar-refractivity contribution in [2.24, 2.45) is 0 Å². The van der Waals surface area contributed by atoms with Crippen LogP contribution in [0.2, 0.25) is 10.0 Å². The highest BCUT2D eigenvalue weighted by Crippen LogP contribution is 2.46. The van der Waals surface area contributed by atoms with E-state index in [0.717, 1.165) is 49.8 Å². The molecule has 2 aliphatic rings. The molecule has 0 amide bonds. The van der Waals surface area contributed by atoms with Crippen molar-refractivity contribution >= 4 is 29.2 Å². The third-order valence-corrected chi connectivity index (χ3v) is 7.36. The molecule has 33 heavy (non-hydrogen) atoms. The molecular weight excluding hydrogens is 461 g/mol. The largest absolute Gasteiger partial charge is 0.478 e. The fourth-order valence-corrected chi connectivity index (χ4v) is 5.29. The lowest BCUT2D eigenvalue weighted by Gasteiger charge is -2.29. The van der Waals surface area contributed by atoms with Crippen LogP contribution in [-0.4, -0.2) is 22.3 Å². The van der Waals surface area contributed by atoms with E-state index in [0.29, 0.717) is 45.3 Å². The maximum atomic E-state index is 11.1. The smallest absolute Gasteiger partial charge is 0.335 e. The molecular formula is C26H25Cl2NO4. The Balaban J connectivity index is 1.26. The minimum Gasteiger partial charge on any atom is -0.478 e. The Kier molecular flexibility index (Phi) is 6.46. The summed E-state index contributed by atoms with van der Waals surface area (Å²) in [6, 6.07) is 12.7. The molecule has 0 aliphatic heterocycles. The van der Waals surface area contributed by atoms with Gasteiger partial charge in [0.25, 0.3) is 0 Å². The summed E-state index contributed by atoms with van der Waals surface area (Å²) in [5.41, 5.74) is 3.86. The van der Waals surface area contributed by atoms with E-state index in [1.54, 1.807) is 12.1 Å². The van der Waals surface area contributed by atoms with Crippen LogP contribution in [0.25, 0.3) is 11.3 Å². The summed E-state index contributed by atoms with van der Waals surface area (Å²) in [5.74, 6) is 0.835. The number of carboxylic acids is 1. The average Bonchev–Trinajstić information content (AvgIpc) is 3.58. The van der Waals surface area contributed by atoms with Crippen molar-refractivity contribution < 1.29 is 19.2 Å². The molecule has 7 heteroatoms. The third kappa shape index (κ3) is 4.81. The van der Waals surface area contributed by atoms with Crippen LogP contribution in [0.3, 0.4) is 0 Å². The quantitative estimate of drug-likeness (QED) is 0.375. The van der Waals surface area contributed by atoms with Crippen LogP contribution in [0, 0.1) is 0 Å². The van der Waals surface area contributed by atoms with Gasteiger partial charge in [-0.15, -0.1) is 0 Å². The molecule has 0 bridgehead atoms. The first kappa shape index (κ1) is 22.5. The zero-order chi connectivity index (χ0) is 22.9. The minimum absolute atomic E-state index is 0.163. The summed E-state index contributed by atoms with van der Waals surface area (Å²) in [6.07, 6.45) is 6.30. The number of benzene rings is 2. The van der Waals surface area contributed by atoms with E-state index in [4.69, 9.17) is 37.6 Å². The van der Waals surface area contributed by atoms with Crippen molar-refractivity contribution in [3.63, 3.8) is 0 Å². The first-order chi connectivity index (χ1) is 16.0. The Hall–Kier alpha value is -2.34. The fraction of sp³-hybridized carbons (Fsp3) is 0.385. The van der Waals surface area contributed by atoms with Crippen LogP contribution in [0.1, 0.15) is 77.6 Å². The zero-order valence-corrected chi connectivity index (χ0v) is 19.6. The van der Waals surface area contributed by atoms with E-state index in [9.17, 15) is 4.79 Å². The molecule has 2 aromatic carbocycles. The molecule has 0 spiro atoms. The molecule has 2 aliphatic carbocycles. The van der Waals surface area contributed by atoms with Crippen molar-refractivity contribution in [3.8, 4) is 11.3 Å². The Labute approximate surface area is 202 Å². The number of halogens is 2. The number of carboxylic acid groups (broad SMARTS) is 1. The van der Waals surface area contributed by atoms with E-state index in [1.807, 2.05) is 30.3 Å². The van der Waals surface area contributed by atoms with Gasteiger partial charge < -0.3 is 14.4 Å². The Morgan fingerprint density at radius 3 is 2.21 bits per heavy atom. The van der Waals surface area contributed by atoms with Crippen molar-refractivity contribution in [2.75, 3.05) is 0 Å². The van der Waals surface area contributed by atoms with Gasteiger partial charge in [-0.1, -0.05) is 46.6 Å². The standard InChI is InChI=1S/C26H25Cl2NO4/c27-21-2-1-3-22(28)23(21)24-20(25(33-29-24)17-6-7-17)14-32-19-12-10-16(11-13-19)15-4-8-18(9-5-15)26(30)31/h1-5,8-9,16-17,19H,6-7,10-14H2,(H,30,31)/t16-,19-. The lowest BCUT2D eigenvalue weighted by molar-refractivity contribution is 0.0129. The maximum Gasteiger partial charge on any atom is 0.335 e. The van der Waals surface area contributed by atoms with Crippen molar-refractivity contribution in [3.05, 3.63) is 75.0 Å². The number of ether oxygens (including phenoxy) is 1. The topological polar surface area (TPSA) is 72.6 Å². The van der Waals surface area contributed by atoms with E-state index >= 15 is 0 Å². The number of hydrogen-bond donors (Lipinski definition) is 1. The van der Waals surface area contributed by atoms with E-state index in [-0.39, 0.29) is 6.10 Å². The van der Waals surface area contributed by atoms with Crippen LogP contribution in [0.15, 0.2) is 47.0 Å². The number of hydrogen-bond acceptors (Lipinski definition) is 4. The van der Waals surface area contributed by atoms with Gasteiger partial charge in [0.05, 0.1) is 28.3 Å². The van der Waals surface area contributed by atoms with Crippen LogP contribution < -0.4 is 0 Å². The minimum atomic E-state index is -0.893. The monoisotopic (exact) mass is 485 g/mol. The normalized spacial score (nSPS) is 20.7. The van der Waals surface area contributed by atoms with Gasteiger partial charge in [0.1, 0.15) is 11.5 Å². The van der Waals surface area contributed by atoms with Gasteiger partial charge in [-0.3, -0.25) is 0 Å². The molecule has 2 saturated carbocycles. The summed E-state index contributed by atoms with van der Waals surface area (Å²) < 4.78 is 12.1. The average molecular weight is 486 g/mol. The number of aromatic nitrogens is 1. The summed E-state index contributed by atoms with van der Waals surface area (Å²) in [6.45, 7) is 0.425. The van der Waals surface area contributed by atoms with E-state index < -0.39 is 5.97 Å². The van der Waals surface area contributed by atoms with Gasteiger partial charge in [-0.05, 0) is 74.3 Å². The van der Waals surface area contributed by atoms with Gasteiger partial charge in [-0.25, -0.2) is 4.79 Å². The lowest BCUT2D eigenvalue weighted by atomic mass is 9.82. The van der Waals surface area contributed by atoms with Gasteiger partial charge in [-0.2, -0.15) is 0 Å². The molecule has 3 aromatic rings. The van der Waals surface area contributed by atoms with E-state index in [1.165, 1.54) is 5.56 Å². The van der Waals surface area contributed by atoms with Gasteiger partial charge in [0, 0.05) is 17.0 Å². The lowest BCUT2D eigenvalue weighted by Crippen LogP contribution is -2.21. The highest BCUT2D eigenvalue weighted by atomic mass is 35.5. The predicted octanol–water partition coefficient (Wildman–Crippen LogP) is 7.47. The Bertz CT molecular complexity index is 1130. The molecule has 0 radical (unpaired) electrons. The summed E-state index contributed by atoms with van der Waals surface area (Å²) in [5, 5.41) is 14.5. The summed E-state index contributed by atoms with van der Waals surface area (Å²) >= 11 is 12.9. The zero-order valence-electron chi connectivity index (χ0n) is 18.1. The van der Waals surface area contributed by atoms with Gasteiger partial charge >= 0.3 is 5.97 Å². The molecule has 1 N–H and O–H groups in total. The van der Waals surface area contributed by atoms with Gasteiger partial charge in [0.15, 0.2) is 0 Å².